The third-order valence-electron chi connectivity index (χ3n) is 14.4. The van der Waals surface area contributed by atoms with Gasteiger partial charge in [0.25, 0.3) is 0 Å². The molecule has 0 bridgehead atoms. The lowest BCUT2D eigenvalue weighted by atomic mass is 10.0. The van der Waals surface area contributed by atoms with Crippen LogP contribution in [0.5, 0.6) is 0 Å². The lowest BCUT2D eigenvalue weighted by Gasteiger charge is -2.27. The van der Waals surface area contributed by atoms with Gasteiger partial charge in [-0.05, 0) is 60.7 Å². The Morgan fingerprint density at radius 3 is 1.14 bits per heavy atom. The predicted molar refractivity (Wildman–Crippen MR) is 282 cm³/mol. The summed E-state index contributed by atoms with van der Waals surface area (Å²) in [5.74, 6) is 0. The maximum absolute atomic E-state index is 12.4. The van der Waals surface area contributed by atoms with Crippen molar-refractivity contribution in [3.8, 4) is 28.8 Å². The van der Waals surface area contributed by atoms with Crippen molar-refractivity contribution in [2.45, 2.75) is 0 Å². The predicted octanol–water partition coefficient (Wildman–Crippen LogP) is 16.4. The molecule has 0 spiro atoms. The molecule has 15 aromatic rings. The van der Waals surface area contributed by atoms with E-state index in [1.165, 1.54) is 0 Å². The monoisotopic (exact) mass is 878 g/mol. The summed E-state index contributed by atoms with van der Waals surface area (Å²) in [6.45, 7) is 9.66. The molecule has 0 unspecified atom stereocenters. The molecule has 0 saturated carbocycles. The summed E-state index contributed by atoms with van der Waals surface area (Å²) in [7, 11) is 0. The van der Waals surface area contributed by atoms with Crippen LogP contribution in [0.15, 0.2) is 211 Å². The second-order valence-corrected chi connectivity index (χ2v) is 17.7. The number of hydrogen-bond acceptors (Lipinski definition) is 2. The van der Waals surface area contributed by atoms with Gasteiger partial charge >= 0.3 is 0 Å². The maximum atomic E-state index is 12.4. The van der Waals surface area contributed by atoms with Crippen molar-refractivity contribution in [1.29, 1.82) is 5.26 Å². The van der Waals surface area contributed by atoms with Gasteiger partial charge in [-0.25, -0.2) is 4.85 Å². The average molecular weight is 879 g/mol. The van der Waals surface area contributed by atoms with Gasteiger partial charge in [0.05, 0.1) is 79.0 Å². The Morgan fingerprint density at radius 1 is 0.333 bits per heavy atom. The van der Waals surface area contributed by atoms with Crippen molar-refractivity contribution < 1.29 is 4.42 Å². The molecule has 0 radical (unpaired) electrons. The molecule has 318 valence electrons. The van der Waals surface area contributed by atoms with Crippen LogP contribution in [-0.4, -0.2) is 18.3 Å². The average Bonchev–Trinajstić information content (AvgIpc) is 4.21. The Kier molecular flexibility index (Phi) is 7.51. The Hall–Kier alpha value is -9.82. The van der Waals surface area contributed by atoms with Gasteiger partial charge in [-0.2, -0.15) is 5.26 Å². The van der Waals surface area contributed by atoms with Gasteiger partial charge < -0.3 is 22.7 Å². The molecule has 5 heterocycles. The summed E-state index contributed by atoms with van der Waals surface area (Å²) < 4.78 is 15.6. The summed E-state index contributed by atoms with van der Waals surface area (Å²) in [4.78, 5) is 4.71. The molecule has 0 saturated heterocycles. The second kappa shape index (κ2) is 13.9. The normalized spacial score (nSPS) is 12.0. The topological polar surface area (TPSA) is 61.0 Å². The molecule has 0 aliphatic carbocycles. The van der Waals surface area contributed by atoms with E-state index in [-0.39, 0.29) is 0 Å². The lowest BCUT2D eigenvalue weighted by molar-refractivity contribution is 0.669. The third-order valence-corrected chi connectivity index (χ3v) is 14.4. The van der Waals surface area contributed by atoms with E-state index in [9.17, 15) is 11.8 Å². The minimum atomic E-state index is 0.347. The van der Waals surface area contributed by atoms with E-state index in [2.05, 4.69) is 200 Å². The Bertz CT molecular complexity index is 4510. The van der Waals surface area contributed by atoms with Crippen LogP contribution in [0.3, 0.4) is 0 Å². The van der Waals surface area contributed by atoms with Crippen molar-refractivity contribution in [1.82, 2.24) is 18.3 Å². The number of para-hydroxylation sites is 8. The zero-order chi connectivity index (χ0) is 45.5. The molecule has 0 N–H and O–H groups in total. The van der Waals surface area contributed by atoms with Crippen LogP contribution < -0.4 is 0 Å². The standard InChI is InChI=1S/C62H34N6O/c1-64-58-59(68-52-32-16-8-24-43(52)56-53(68)34-35-55-57(56)44-25-9-17-33-54(44)69-55)45(36-63)60(65-46-26-10-2-18-37(46)38-19-3-11-27-47(38)65)62(67-50-30-14-6-22-41(50)42-23-7-15-31-51(42)67)61(58)66-48-28-12-4-20-39(48)40-21-5-13-29-49(40)66/h2-35H. The summed E-state index contributed by atoms with van der Waals surface area (Å²) in [6, 6.07) is 74.3. The molecular formula is C62H34N6O. The summed E-state index contributed by atoms with van der Waals surface area (Å²) in [5.41, 5.74) is 12.3. The molecule has 0 aliphatic rings. The second-order valence-electron chi connectivity index (χ2n) is 17.7. The zero-order valence-electron chi connectivity index (χ0n) is 36.7. The molecule has 7 nitrogen and oxygen atoms in total. The fraction of sp³-hybridized carbons (Fsp3) is 0. The van der Waals surface area contributed by atoms with Crippen LogP contribution in [0.4, 0.5) is 5.69 Å². The number of furan rings is 1. The fourth-order valence-corrected chi connectivity index (χ4v) is 11.8. The maximum Gasteiger partial charge on any atom is 0.237 e. The zero-order valence-corrected chi connectivity index (χ0v) is 36.7. The summed E-state index contributed by atoms with van der Waals surface area (Å²) in [6.07, 6.45) is 0. The van der Waals surface area contributed by atoms with Crippen molar-refractivity contribution in [3.63, 3.8) is 0 Å². The summed E-state index contributed by atoms with van der Waals surface area (Å²) in [5, 5.41) is 22.8. The molecule has 0 fully saturated rings. The molecule has 0 amide bonds. The molecule has 0 atom stereocenters. The van der Waals surface area contributed by atoms with Crippen LogP contribution in [-0.2, 0) is 0 Å². The Morgan fingerprint density at radius 2 is 0.696 bits per heavy atom. The highest BCUT2D eigenvalue weighted by molar-refractivity contribution is 6.28. The highest BCUT2D eigenvalue weighted by atomic mass is 16.3. The molecular weight excluding hydrogens is 845 g/mol. The van der Waals surface area contributed by atoms with E-state index in [1.807, 2.05) is 30.3 Å². The number of rotatable bonds is 4. The van der Waals surface area contributed by atoms with Gasteiger partial charge in [-0.1, -0.05) is 146 Å². The first-order chi connectivity index (χ1) is 34.2. The fourth-order valence-electron chi connectivity index (χ4n) is 11.8. The van der Waals surface area contributed by atoms with Crippen LogP contribution in [0.25, 0.3) is 137 Å². The molecule has 15 rings (SSSR count). The van der Waals surface area contributed by atoms with E-state index >= 15 is 0 Å². The molecule has 69 heavy (non-hydrogen) atoms. The third kappa shape index (κ3) is 4.82. The minimum Gasteiger partial charge on any atom is -0.456 e. The Balaban J connectivity index is 1.28. The Labute approximate surface area is 393 Å². The highest BCUT2D eigenvalue weighted by Gasteiger charge is 2.34. The van der Waals surface area contributed by atoms with Crippen LogP contribution >= 0.6 is 0 Å². The van der Waals surface area contributed by atoms with E-state index in [1.54, 1.807) is 0 Å². The molecule has 0 aliphatic heterocycles. The van der Waals surface area contributed by atoms with Crippen molar-refractivity contribution in [2.75, 3.05) is 0 Å². The van der Waals surface area contributed by atoms with E-state index in [4.69, 9.17) is 9.26 Å². The first-order valence-corrected chi connectivity index (χ1v) is 23.0. The van der Waals surface area contributed by atoms with Crippen LogP contribution in [0.2, 0.25) is 0 Å². The first kappa shape index (κ1) is 37.4. The molecule has 5 aromatic heterocycles. The van der Waals surface area contributed by atoms with Crippen LogP contribution in [0, 0.1) is 17.9 Å². The van der Waals surface area contributed by atoms with Gasteiger partial charge in [-0.3, -0.25) is 0 Å². The van der Waals surface area contributed by atoms with Crippen molar-refractivity contribution >= 4 is 115 Å². The first-order valence-electron chi connectivity index (χ1n) is 23.0. The van der Waals surface area contributed by atoms with Crippen molar-refractivity contribution in [2.24, 2.45) is 0 Å². The number of fused-ring (bicyclic) bond motifs is 16. The van der Waals surface area contributed by atoms with E-state index in [0.29, 0.717) is 28.3 Å². The van der Waals surface area contributed by atoms with E-state index in [0.717, 1.165) is 115 Å². The number of aromatic nitrogens is 4. The van der Waals surface area contributed by atoms with E-state index < -0.39 is 0 Å². The SMILES string of the molecule is [C-]#[N+]c1c(-n2c3ccccc3c3ccccc32)c(-n2c3ccccc3c3ccccc32)c(-n2c3ccccc3c3ccccc32)c(C#N)c1-n1c2ccccc2c2c3c(ccc21)oc1ccccc13. The largest absolute Gasteiger partial charge is 0.456 e. The van der Waals surface area contributed by atoms with Gasteiger partial charge in [0, 0.05) is 53.9 Å². The van der Waals surface area contributed by atoms with Crippen LogP contribution in [0.1, 0.15) is 5.56 Å². The van der Waals surface area contributed by atoms with Gasteiger partial charge in [0.2, 0.25) is 5.69 Å². The number of nitrogens with zero attached hydrogens (tertiary/aromatic N) is 6. The van der Waals surface area contributed by atoms with Crippen molar-refractivity contribution in [3.05, 3.63) is 223 Å². The molecule has 7 heteroatoms. The minimum absolute atomic E-state index is 0.347. The summed E-state index contributed by atoms with van der Waals surface area (Å²) >= 11 is 0. The lowest BCUT2D eigenvalue weighted by Crippen LogP contribution is -2.14. The number of benzene rings is 10. The highest BCUT2D eigenvalue weighted by Crippen LogP contribution is 2.52. The van der Waals surface area contributed by atoms with Gasteiger partial charge in [0.15, 0.2) is 0 Å². The number of hydrogen-bond donors (Lipinski definition) is 0. The quantitative estimate of drug-likeness (QED) is 0.165. The van der Waals surface area contributed by atoms with Gasteiger partial charge in [0.1, 0.15) is 17.2 Å². The smallest absolute Gasteiger partial charge is 0.237 e. The number of nitriles is 1. The molecule has 10 aromatic carbocycles. The van der Waals surface area contributed by atoms with Gasteiger partial charge in [-0.15, -0.1) is 0 Å².